The average Bonchev–Trinajstić information content (AvgIpc) is 3.29. The van der Waals surface area contributed by atoms with Gasteiger partial charge in [-0.15, -0.1) is 0 Å². The molecule has 29 heavy (non-hydrogen) atoms. The van der Waals surface area contributed by atoms with Gasteiger partial charge in [0.15, 0.2) is 23.2 Å². The Balaban J connectivity index is 1.69. The first kappa shape index (κ1) is 19.6. The van der Waals surface area contributed by atoms with E-state index in [1.807, 2.05) is 6.07 Å². The number of hydrogen-bond donors (Lipinski definition) is 3. The van der Waals surface area contributed by atoms with Gasteiger partial charge in [0, 0.05) is 22.6 Å². The number of ether oxygens (including phenoxy) is 1. The molecule has 3 aromatic rings. The van der Waals surface area contributed by atoms with Gasteiger partial charge in [-0.3, -0.25) is 13.6 Å². The minimum Gasteiger partial charge on any atom is -0.394 e. The van der Waals surface area contributed by atoms with E-state index in [0.29, 0.717) is 16.7 Å². The van der Waals surface area contributed by atoms with Gasteiger partial charge in [-0.1, -0.05) is 18.2 Å². The van der Waals surface area contributed by atoms with Crippen LogP contribution in [0.25, 0.3) is 11.2 Å². The number of nitrogens with zero attached hydrogens (tertiary/aromatic N) is 4. The molecule has 2 unspecified atom stereocenters. The van der Waals surface area contributed by atoms with E-state index in [9.17, 15) is 19.2 Å². The molecule has 0 bridgehead atoms. The largest absolute Gasteiger partial charge is 0.394 e. The second kappa shape index (κ2) is 7.95. The molecule has 4 rings (SSSR count). The molecule has 3 N–H and O–H groups in total. The van der Waals surface area contributed by atoms with Crippen LogP contribution < -0.4 is 5.32 Å². The Hall–Kier alpha value is -2.73. The molecule has 1 aromatic carbocycles. The summed E-state index contributed by atoms with van der Waals surface area (Å²) < 4.78 is 19.4. The summed E-state index contributed by atoms with van der Waals surface area (Å²) in [6, 6.07) is 8.67. The lowest BCUT2D eigenvalue weighted by Crippen LogP contribution is -2.36. The van der Waals surface area contributed by atoms with Crippen molar-refractivity contribution in [3.05, 3.63) is 48.5 Å². The fraction of sp³-hybridized carbons (Fsp3) is 0.333. The van der Waals surface area contributed by atoms with Crippen LogP contribution in [0.2, 0.25) is 0 Å². The summed E-state index contributed by atoms with van der Waals surface area (Å²) in [5, 5.41) is 21.7. The fourth-order valence-electron chi connectivity index (χ4n) is 3.35. The molecule has 1 fully saturated rings. The van der Waals surface area contributed by atoms with Crippen LogP contribution in [-0.4, -0.2) is 70.2 Å². The number of rotatable bonds is 5. The van der Waals surface area contributed by atoms with Gasteiger partial charge in [0.2, 0.25) is 0 Å². The highest BCUT2D eigenvalue weighted by molar-refractivity contribution is 7.85. The zero-order valence-electron chi connectivity index (χ0n) is 15.4. The Bertz CT molecular complexity index is 1060. The van der Waals surface area contributed by atoms with Gasteiger partial charge in [0.05, 0.1) is 12.9 Å². The zero-order chi connectivity index (χ0) is 20.5. The van der Waals surface area contributed by atoms with E-state index in [2.05, 4.69) is 20.3 Å². The Kier molecular flexibility index (Phi) is 5.37. The molecule has 1 amide bonds. The van der Waals surface area contributed by atoms with Gasteiger partial charge in [0.1, 0.15) is 23.8 Å². The van der Waals surface area contributed by atoms with Crippen molar-refractivity contribution in [3.63, 3.8) is 0 Å². The number of anilines is 1. The Morgan fingerprint density at radius 1 is 1.28 bits per heavy atom. The molecule has 152 valence electrons. The molecular weight excluding hydrogens is 398 g/mol. The summed E-state index contributed by atoms with van der Waals surface area (Å²) in [7, 11) is -1.44. The molecule has 10 nitrogen and oxygen atoms in total. The molecule has 11 heteroatoms. The number of amides is 1. The number of carbonyl (C=O) groups excluding carboxylic acids is 1. The van der Waals surface area contributed by atoms with Crippen molar-refractivity contribution in [2.75, 3.05) is 18.2 Å². The third-order valence-electron chi connectivity index (χ3n) is 4.78. The minimum atomic E-state index is -1.44. The highest BCUT2D eigenvalue weighted by Gasteiger charge is 2.47. The standard InChI is InChI=1S/C18H19N5O5S/c1-29(27)14-13(25)11(7-24)28-18(14)23-9-21-12-15(19-8-20-16(12)23)22-17(26)10-5-3-2-4-6-10/h2-6,8-9,11,13-14,18,24-25H,7H2,1H3,(H,19,20,22,26)/t11-,13-,14?,18-,29?/m1/s1. The number of nitrogens with one attached hydrogen (secondary N) is 1. The first-order valence-corrected chi connectivity index (χ1v) is 10.4. The third kappa shape index (κ3) is 3.53. The first-order chi connectivity index (χ1) is 14.0. The van der Waals surface area contributed by atoms with Crippen LogP contribution in [0.5, 0.6) is 0 Å². The monoisotopic (exact) mass is 417 g/mol. The number of benzene rings is 1. The molecule has 5 atom stereocenters. The minimum absolute atomic E-state index is 0.217. The number of hydrogen-bond acceptors (Lipinski definition) is 8. The number of aliphatic hydroxyl groups is 2. The predicted octanol–water partition coefficient (Wildman–Crippen LogP) is 0.0763. The van der Waals surface area contributed by atoms with Crippen LogP contribution in [0.4, 0.5) is 5.82 Å². The highest BCUT2D eigenvalue weighted by atomic mass is 32.2. The number of aliphatic hydroxyl groups excluding tert-OH is 2. The van der Waals surface area contributed by atoms with Crippen molar-refractivity contribution in [3.8, 4) is 0 Å². The van der Waals surface area contributed by atoms with Crippen molar-refractivity contribution in [2.45, 2.75) is 23.7 Å². The van der Waals surface area contributed by atoms with Crippen molar-refractivity contribution in [1.29, 1.82) is 0 Å². The first-order valence-electron chi connectivity index (χ1n) is 8.81. The Labute approximate surface area is 168 Å². The summed E-state index contributed by atoms with van der Waals surface area (Å²) in [5.41, 5.74) is 1.13. The Morgan fingerprint density at radius 3 is 2.72 bits per heavy atom. The molecule has 0 saturated carbocycles. The van der Waals surface area contributed by atoms with Crippen LogP contribution in [0.3, 0.4) is 0 Å². The molecule has 1 aliphatic heterocycles. The lowest BCUT2D eigenvalue weighted by atomic mass is 10.2. The lowest BCUT2D eigenvalue weighted by molar-refractivity contribution is -0.0430. The smallest absolute Gasteiger partial charge is 0.256 e. The quantitative estimate of drug-likeness (QED) is 0.530. The van der Waals surface area contributed by atoms with Gasteiger partial charge in [-0.05, 0) is 12.1 Å². The van der Waals surface area contributed by atoms with Crippen molar-refractivity contribution in [2.24, 2.45) is 0 Å². The van der Waals surface area contributed by atoms with E-state index in [1.54, 1.807) is 24.3 Å². The van der Waals surface area contributed by atoms with Crippen LogP contribution in [0.1, 0.15) is 16.6 Å². The summed E-state index contributed by atoms with van der Waals surface area (Å²) in [6.07, 6.45) is 1.34. The SMILES string of the molecule is CS(=O)C1[C@H](n2cnc3c(NC(=O)c4ccccc4)ncnc32)O[C@H](CO)[C@H]1O. The van der Waals surface area contributed by atoms with Crippen molar-refractivity contribution in [1.82, 2.24) is 19.5 Å². The van der Waals surface area contributed by atoms with E-state index >= 15 is 0 Å². The lowest BCUT2D eigenvalue weighted by Gasteiger charge is -2.19. The van der Waals surface area contributed by atoms with Gasteiger partial charge in [-0.25, -0.2) is 15.0 Å². The molecule has 0 aliphatic carbocycles. The maximum atomic E-state index is 12.5. The molecule has 0 spiro atoms. The van der Waals surface area contributed by atoms with E-state index in [0.717, 1.165) is 0 Å². The van der Waals surface area contributed by atoms with Gasteiger partial charge >= 0.3 is 0 Å². The molecule has 1 aliphatic rings. The maximum absolute atomic E-state index is 12.5. The van der Waals surface area contributed by atoms with E-state index in [-0.39, 0.29) is 11.7 Å². The number of carbonyl (C=O) groups is 1. The fourth-order valence-corrected chi connectivity index (χ4v) is 4.44. The van der Waals surface area contributed by atoms with Crippen LogP contribution in [-0.2, 0) is 15.5 Å². The van der Waals surface area contributed by atoms with Crippen LogP contribution in [0, 0.1) is 0 Å². The second-order valence-corrected chi connectivity index (χ2v) is 8.11. The molecule has 3 heterocycles. The topological polar surface area (TPSA) is 139 Å². The third-order valence-corrected chi connectivity index (χ3v) is 6.06. The number of imidazole rings is 1. The predicted molar refractivity (Wildman–Crippen MR) is 105 cm³/mol. The van der Waals surface area contributed by atoms with E-state index in [1.165, 1.54) is 23.5 Å². The van der Waals surface area contributed by atoms with Gasteiger partial charge < -0.3 is 20.3 Å². The van der Waals surface area contributed by atoms with E-state index in [4.69, 9.17) is 4.74 Å². The summed E-state index contributed by atoms with van der Waals surface area (Å²) in [6.45, 7) is -0.411. The number of fused-ring (bicyclic) bond motifs is 1. The highest BCUT2D eigenvalue weighted by Crippen LogP contribution is 2.34. The Morgan fingerprint density at radius 2 is 2.03 bits per heavy atom. The molecular formula is C18H19N5O5S. The summed E-state index contributed by atoms with van der Waals surface area (Å²) in [5.74, 6) is -0.130. The second-order valence-electron chi connectivity index (χ2n) is 6.57. The van der Waals surface area contributed by atoms with Crippen molar-refractivity contribution < 1.29 is 24.0 Å². The summed E-state index contributed by atoms with van der Waals surface area (Å²) in [4.78, 5) is 25.0. The number of aromatic nitrogens is 4. The summed E-state index contributed by atoms with van der Waals surface area (Å²) >= 11 is 0. The molecule has 1 saturated heterocycles. The normalized spacial score (nSPS) is 25.2. The molecule has 2 aromatic heterocycles. The zero-order valence-corrected chi connectivity index (χ0v) is 16.2. The van der Waals surface area contributed by atoms with Gasteiger partial charge in [-0.2, -0.15) is 0 Å². The molecule has 0 radical (unpaired) electrons. The maximum Gasteiger partial charge on any atom is 0.256 e. The van der Waals surface area contributed by atoms with Gasteiger partial charge in [0.25, 0.3) is 5.91 Å². The van der Waals surface area contributed by atoms with Crippen LogP contribution in [0.15, 0.2) is 43.0 Å². The van der Waals surface area contributed by atoms with Crippen LogP contribution >= 0.6 is 0 Å². The van der Waals surface area contributed by atoms with E-state index < -0.39 is 41.1 Å². The van der Waals surface area contributed by atoms with Crippen molar-refractivity contribution >= 4 is 33.7 Å². The average molecular weight is 417 g/mol.